The van der Waals surface area contributed by atoms with Gasteiger partial charge < -0.3 is 10.6 Å². The Bertz CT molecular complexity index is 236. The van der Waals surface area contributed by atoms with Gasteiger partial charge in [-0.05, 0) is 44.1 Å². The van der Waals surface area contributed by atoms with Gasteiger partial charge in [0.1, 0.15) is 0 Å². The number of hydrogen-bond acceptors (Lipinski definition) is 2. The summed E-state index contributed by atoms with van der Waals surface area (Å²) in [5.74, 6) is 1.48. The van der Waals surface area contributed by atoms with Crippen LogP contribution in [-0.4, -0.2) is 29.9 Å². The number of carbonyl (C=O) groups excluding carboxylic acids is 1. The molecule has 1 aliphatic rings. The number of nitrogens with zero attached hydrogens (tertiary/aromatic N) is 1. The second-order valence-electron chi connectivity index (χ2n) is 5.88. The van der Waals surface area contributed by atoms with E-state index in [1.54, 1.807) is 0 Å². The lowest BCUT2D eigenvalue weighted by Crippen LogP contribution is -2.34. The minimum atomic E-state index is 0.341. The van der Waals surface area contributed by atoms with Crippen molar-refractivity contribution in [1.82, 2.24) is 4.90 Å². The predicted octanol–water partition coefficient (Wildman–Crippen LogP) is 2.40. The van der Waals surface area contributed by atoms with Crippen molar-refractivity contribution in [3.8, 4) is 0 Å². The summed E-state index contributed by atoms with van der Waals surface area (Å²) < 4.78 is 0. The van der Waals surface area contributed by atoms with Crippen molar-refractivity contribution < 1.29 is 4.79 Å². The fourth-order valence-corrected chi connectivity index (χ4v) is 1.93. The Morgan fingerprint density at radius 3 is 2.41 bits per heavy atom. The van der Waals surface area contributed by atoms with Gasteiger partial charge in [-0.15, -0.1) is 0 Å². The minimum absolute atomic E-state index is 0.341. The highest BCUT2D eigenvalue weighted by atomic mass is 16.2. The lowest BCUT2D eigenvalue weighted by molar-refractivity contribution is -0.132. The van der Waals surface area contributed by atoms with Crippen LogP contribution in [0.1, 0.15) is 52.9 Å². The first-order chi connectivity index (χ1) is 8.04. The van der Waals surface area contributed by atoms with Gasteiger partial charge in [-0.25, -0.2) is 0 Å². The van der Waals surface area contributed by atoms with Crippen molar-refractivity contribution in [3.63, 3.8) is 0 Å². The molecule has 0 saturated heterocycles. The highest BCUT2D eigenvalue weighted by Gasteiger charge is 2.31. The average molecular weight is 240 g/mol. The first-order valence-electron chi connectivity index (χ1n) is 7.04. The van der Waals surface area contributed by atoms with Gasteiger partial charge in [-0.3, -0.25) is 4.79 Å². The molecule has 1 rings (SSSR count). The molecule has 0 aliphatic heterocycles. The van der Waals surface area contributed by atoms with Crippen LogP contribution in [0.2, 0.25) is 0 Å². The molecule has 0 radical (unpaired) electrons. The molecule has 0 heterocycles. The van der Waals surface area contributed by atoms with Crippen LogP contribution in [0.4, 0.5) is 0 Å². The Morgan fingerprint density at radius 2 is 1.94 bits per heavy atom. The molecule has 0 aromatic heterocycles. The van der Waals surface area contributed by atoms with Crippen LogP contribution in [-0.2, 0) is 4.79 Å². The average Bonchev–Trinajstić information content (AvgIpc) is 3.09. The molecular weight excluding hydrogens is 212 g/mol. The highest BCUT2D eigenvalue weighted by Crippen LogP contribution is 2.28. The summed E-state index contributed by atoms with van der Waals surface area (Å²) in [6.45, 7) is 8.17. The number of carbonyl (C=O) groups is 1. The maximum atomic E-state index is 12.1. The van der Waals surface area contributed by atoms with E-state index in [1.165, 1.54) is 12.8 Å². The van der Waals surface area contributed by atoms with Gasteiger partial charge in [-0.2, -0.15) is 0 Å². The van der Waals surface area contributed by atoms with Crippen LogP contribution in [0.15, 0.2) is 0 Å². The van der Waals surface area contributed by atoms with Crippen molar-refractivity contribution >= 4 is 5.91 Å². The molecule has 17 heavy (non-hydrogen) atoms. The largest absolute Gasteiger partial charge is 0.340 e. The monoisotopic (exact) mass is 240 g/mol. The Balaban J connectivity index is 2.33. The summed E-state index contributed by atoms with van der Waals surface area (Å²) in [6, 6.07) is 0.550. The van der Waals surface area contributed by atoms with E-state index >= 15 is 0 Å². The van der Waals surface area contributed by atoms with Crippen molar-refractivity contribution in [2.45, 2.75) is 58.9 Å². The second-order valence-corrected chi connectivity index (χ2v) is 5.88. The molecular formula is C14H28N2O. The van der Waals surface area contributed by atoms with Crippen LogP contribution in [0.3, 0.4) is 0 Å². The molecule has 1 fully saturated rings. The molecule has 2 N–H and O–H groups in total. The van der Waals surface area contributed by atoms with Crippen molar-refractivity contribution in [2.75, 3.05) is 13.1 Å². The van der Waals surface area contributed by atoms with E-state index in [2.05, 4.69) is 25.7 Å². The van der Waals surface area contributed by atoms with Gasteiger partial charge >= 0.3 is 0 Å². The maximum absolute atomic E-state index is 12.1. The van der Waals surface area contributed by atoms with Gasteiger partial charge in [-0.1, -0.05) is 20.8 Å². The lowest BCUT2D eigenvalue weighted by atomic mass is 10.1. The molecule has 3 nitrogen and oxygen atoms in total. The zero-order valence-electron chi connectivity index (χ0n) is 11.6. The van der Waals surface area contributed by atoms with E-state index in [9.17, 15) is 4.79 Å². The molecule has 1 saturated carbocycles. The third kappa shape index (κ3) is 5.53. The Morgan fingerprint density at radius 1 is 1.29 bits per heavy atom. The fourth-order valence-electron chi connectivity index (χ4n) is 1.93. The smallest absolute Gasteiger partial charge is 0.222 e. The van der Waals surface area contributed by atoms with Gasteiger partial charge in [0, 0.05) is 19.0 Å². The normalized spacial score (nSPS) is 17.2. The summed E-state index contributed by atoms with van der Waals surface area (Å²) in [5.41, 5.74) is 5.58. The van der Waals surface area contributed by atoms with Crippen LogP contribution < -0.4 is 5.73 Å². The second kappa shape index (κ2) is 7.00. The lowest BCUT2D eigenvalue weighted by Gasteiger charge is -2.24. The van der Waals surface area contributed by atoms with Crippen LogP contribution >= 0.6 is 0 Å². The third-order valence-electron chi connectivity index (χ3n) is 3.51. The van der Waals surface area contributed by atoms with Gasteiger partial charge in [0.15, 0.2) is 0 Å². The summed E-state index contributed by atoms with van der Waals surface area (Å²) in [6.07, 6.45) is 5.13. The predicted molar refractivity (Wildman–Crippen MR) is 71.6 cm³/mol. The molecule has 0 aromatic rings. The van der Waals surface area contributed by atoms with E-state index in [0.29, 0.717) is 36.8 Å². The van der Waals surface area contributed by atoms with E-state index < -0.39 is 0 Å². The highest BCUT2D eigenvalue weighted by molar-refractivity contribution is 5.76. The third-order valence-corrected chi connectivity index (χ3v) is 3.51. The quantitative estimate of drug-likeness (QED) is 0.708. The van der Waals surface area contributed by atoms with Crippen LogP contribution in [0.5, 0.6) is 0 Å². The van der Waals surface area contributed by atoms with E-state index in [1.807, 2.05) is 0 Å². The maximum Gasteiger partial charge on any atom is 0.222 e. The molecule has 0 spiro atoms. The number of nitrogens with two attached hydrogens (primary N) is 1. The fraction of sp³-hybridized carbons (Fsp3) is 0.929. The summed E-state index contributed by atoms with van der Waals surface area (Å²) in [7, 11) is 0. The van der Waals surface area contributed by atoms with E-state index in [4.69, 9.17) is 5.73 Å². The molecule has 0 aromatic carbocycles. The first kappa shape index (κ1) is 14.5. The molecule has 1 unspecified atom stereocenters. The topological polar surface area (TPSA) is 46.3 Å². The van der Waals surface area contributed by atoms with Crippen molar-refractivity contribution in [3.05, 3.63) is 0 Å². The number of hydrogen-bond donors (Lipinski definition) is 1. The van der Waals surface area contributed by atoms with E-state index in [0.717, 1.165) is 19.4 Å². The van der Waals surface area contributed by atoms with Gasteiger partial charge in [0.05, 0.1) is 0 Å². The number of amides is 1. The summed E-state index contributed by atoms with van der Waals surface area (Å²) >= 11 is 0. The van der Waals surface area contributed by atoms with E-state index in [-0.39, 0.29) is 0 Å². The molecule has 1 amide bonds. The summed E-state index contributed by atoms with van der Waals surface area (Å²) in [5, 5.41) is 0. The molecule has 1 atom stereocenters. The minimum Gasteiger partial charge on any atom is -0.340 e. The SMILES string of the molecule is CC(C)CCN(C(=O)CCC(C)CN)C1CC1. The molecule has 100 valence electrons. The Hall–Kier alpha value is -0.570. The number of rotatable bonds is 8. The van der Waals surface area contributed by atoms with Gasteiger partial charge in [0.2, 0.25) is 5.91 Å². The zero-order valence-corrected chi connectivity index (χ0v) is 11.6. The summed E-state index contributed by atoms with van der Waals surface area (Å²) in [4.78, 5) is 14.3. The van der Waals surface area contributed by atoms with Crippen molar-refractivity contribution in [2.24, 2.45) is 17.6 Å². The van der Waals surface area contributed by atoms with Crippen molar-refractivity contribution in [1.29, 1.82) is 0 Å². The van der Waals surface area contributed by atoms with Gasteiger partial charge in [0.25, 0.3) is 0 Å². The first-order valence-corrected chi connectivity index (χ1v) is 7.04. The van der Waals surface area contributed by atoms with Crippen LogP contribution in [0.25, 0.3) is 0 Å². The Kier molecular flexibility index (Phi) is 5.96. The molecule has 3 heteroatoms. The molecule has 1 aliphatic carbocycles. The zero-order chi connectivity index (χ0) is 12.8. The Labute approximate surface area is 106 Å². The standard InChI is InChI=1S/C14H28N2O/c1-11(2)8-9-16(13-5-6-13)14(17)7-4-12(3)10-15/h11-13H,4-10,15H2,1-3H3. The van der Waals surface area contributed by atoms with Crippen LogP contribution in [0, 0.1) is 11.8 Å². The molecule has 0 bridgehead atoms.